The molecule has 184 valence electrons. The number of amides is 2. The Bertz CT molecular complexity index is 1190. The predicted molar refractivity (Wildman–Crippen MR) is 131 cm³/mol. The summed E-state index contributed by atoms with van der Waals surface area (Å²) in [6.07, 6.45) is 4.23. The molecule has 0 unspecified atom stereocenters. The van der Waals surface area contributed by atoms with Crippen LogP contribution in [0.15, 0.2) is 54.9 Å². The van der Waals surface area contributed by atoms with E-state index in [-0.39, 0.29) is 30.7 Å². The van der Waals surface area contributed by atoms with Gasteiger partial charge in [-0.1, -0.05) is 30.3 Å². The second kappa shape index (κ2) is 10.9. The lowest BCUT2D eigenvalue weighted by Gasteiger charge is -2.19. The lowest BCUT2D eigenvalue weighted by Crippen LogP contribution is -2.31. The fourth-order valence-electron chi connectivity index (χ4n) is 4.45. The van der Waals surface area contributed by atoms with E-state index in [9.17, 15) is 9.59 Å². The molecule has 1 aliphatic rings. The van der Waals surface area contributed by atoms with Crippen LogP contribution in [0.3, 0.4) is 0 Å². The maximum atomic E-state index is 12.9. The van der Waals surface area contributed by atoms with Crippen LogP contribution in [0.1, 0.15) is 23.5 Å². The van der Waals surface area contributed by atoms with Gasteiger partial charge in [-0.05, 0) is 18.6 Å². The highest BCUT2D eigenvalue weighted by Crippen LogP contribution is 2.39. The summed E-state index contributed by atoms with van der Waals surface area (Å²) in [6.45, 7) is 1.37. The van der Waals surface area contributed by atoms with E-state index in [1.54, 1.807) is 38.4 Å². The first kappa shape index (κ1) is 24.1. The number of nitrogens with zero attached hydrogens (tertiary/aromatic N) is 3. The van der Waals surface area contributed by atoms with Gasteiger partial charge in [0, 0.05) is 36.3 Å². The number of para-hydroxylation sites is 2. The lowest BCUT2D eigenvalue weighted by molar-refractivity contribution is -0.131. The van der Waals surface area contributed by atoms with E-state index in [0.717, 1.165) is 23.3 Å². The number of anilines is 1. The standard InChI is InChI=1S/C26H30N4O5/c1-33-22-9-5-4-7-18(22)13-24(31)28-20-14-27-30(16-20)17-25(32)29-12-11-19(15-29)21-8-6-10-23(34-2)26(21)35-3/h4-10,14,16,19H,11-13,15,17H2,1-3H3,(H,28,31)/t19-/m0/s1. The summed E-state index contributed by atoms with van der Waals surface area (Å²) in [5.41, 5.74) is 2.38. The van der Waals surface area contributed by atoms with Crippen LogP contribution in [-0.4, -0.2) is 60.9 Å². The maximum Gasteiger partial charge on any atom is 0.244 e. The summed E-state index contributed by atoms with van der Waals surface area (Å²) in [5, 5.41) is 7.07. The number of rotatable bonds is 9. The molecule has 0 radical (unpaired) electrons. The minimum atomic E-state index is -0.185. The number of carbonyl (C=O) groups is 2. The Labute approximate surface area is 204 Å². The average Bonchev–Trinajstić information content (AvgIpc) is 3.53. The van der Waals surface area contributed by atoms with Crippen molar-refractivity contribution in [3.8, 4) is 17.2 Å². The summed E-state index contributed by atoms with van der Waals surface area (Å²) >= 11 is 0. The van der Waals surface area contributed by atoms with Crippen molar-refractivity contribution in [1.29, 1.82) is 0 Å². The molecule has 2 heterocycles. The van der Waals surface area contributed by atoms with E-state index in [1.165, 1.54) is 0 Å². The molecule has 2 amide bonds. The number of benzene rings is 2. The molecule has 1 saturated heterocycles. The van der Waals surface area contributed by atoms with Crippen molar-refractivity contribution in [1.82, 2.24) is 14.7 Å². The van der Waals surface area contributed by atoms with Gasteiger partial charge in [-0.2, -0.15) is 5.10 Å². The molecular formula is C26H30N4O5. The molecule has 3 aromatic rings. The van der Waals surface area contributed by atoms with Gasteiger partial charge in [0.1, 0.15) is 12.3 Å². The van der Waals surface area contributed by atoms with Crippen molar-refractivity contribution < 1.29 is 23.8 Å². The van der Waals surface area contributed by atoms with Gasteiger partial charge in [0.15, 0.2) is 11.5 Å². The molecule has 9 heteroatoms. The number of ether oxygens (including phenoxy) is 3. The third-order valence-electron chi connectivity index (χ3n) is 6.17. The van der Waals surface area contributed by atoms with Crippen LogP contribution < -0.4 is 19.5 Å². The number of aromatic nitrogens is 2. The number of carbonyl (C=O) groups excluding carboxylic acids is 2. The van der Waals surface area contributed by atoms with E-state index in [1.807, 2.05) is 47.4 Å². The second-order valence-corrected chi connectivity index (χ2v) is 8.37. The summed E-state index contributed by atoms with van der Waals surface area (Å²) in [6, 6.07) is 13.2. The first-order valence-electron chi connectivity index (χ1n) is 11.4. The Balaban J connectivity index is 1.33. The zero-order chi connectivity index (χ0) is 24.8. The Morgan fingerprint density at radius 1 is 1.03 bits per heavy atom. The zero-order valence-electron chi connectivity index (χ0n) is 20.2. The van der Waals surface area contributed by atoms with Crippen LogP contribution in [0.5, 0.6) is 17.2 Å². The fourth-order valence-corrected chi connectivity index (χ4v) is 4.45. The molecule has 1 aromatic heterocycles. The van der Waals surface area contributed by atoms with Crippen molar-refractivity contribution in [2.45, 2.75) is 25.3 Å². The molecule has 1 fully saturated rings. The third-order valence-corrected chi connectivity index (χ3v) is 6.17. The molecular weight excluding hydrogens is 448 g/mol. The summed E-state index contributed by atoms with van der Waals surface area (Å²) in [5.74, 6) is 2.03. The van der Waals surface area contributed by atoms with E-state index in [2.05, 4.69) is 10.4 Å². The van der Waals surface area contributed by atoms with Crippen LogP contribution in [0.25, 0.3) is 0 Å². The zero-order valence-corrected chi connectivity index (χ0v) is 20.2. The van der Waals surface area contributed by atoms with Gasteiger partial charge in [-0.25, -0.2) is 0 Å². The number of methoxy groups -OCH3 is 3. The Morgan fingerprint density at radius 2 is 1.80 bits per heavy atom. The molecule has 0 aliphatic carbocycles. The summed E-state index contributed by atoms with van der Waals surface area (Å²) in [7, 11) is 4.82. The summed E-state index contributed by atoms with van der Waals surface area (Å²) < 4.78 is 17.8. The number of hydrogen-bond acceptors (Lipinski definition) is 6. The molecule has 4 rings (SSSR count). The smallest absolute Gasteiger partial charge is 0.244 e. The number of likely N-dealkylation sites (tertiary alicyclic amines) is 1. The highest BCUT2D eigenvalue weighted by molar-refractivity contribution is 5.92. The van der Waals surface area contributed by atoms with Crippen molar-refractivity contribution in [3.63, 3.8) is 0 Å². The van der Waals surface area contributed by atoms with Crippen molar-refractivity contribution >= 4 is 17.5 Å². The van der Waals surface area contributed by atoms with E-state index in [0.29, 0.717) is 30.3 Å². The molecule has 9 nitrogen and oxygen atoms in total. The van der Waals surface area contributed by atoms with Gasteiger partial charge >= 0.3 is 0 Å². The Hall–Kier alpha value is -4.01. The SMILES string of the molecule is COc1ccccc1CC(=O)Nc1cnn(CC(=O)N2CC[C@H](c3cccc(OC)c3OC)C2)c1. The largest absolute Gasteiger partial charge is 0.496 e. The van der Waals surface area contributed by atoms with Crippen molar-refractivity contribution in [2.24, 2.45) is 0 Å². The maximum absolute atomic E-state index is 12.9. The molecule has 0 saturated carbocycles. The third kappa shape index (κ3) is 5.56. The highest BCUT2D eigenvalue weighted by atomic mass is 16.5. The topological polar surface area (TPSA) is 94.9 Å². The normalized spacial score (nSPS) is 15.1. The van der Waals surface area contributed by atoms with Crippen LogP contribution in [0, 0.1) is 0 Å². The van der Waals surface area contributed by atoms with Gasteiger partial charge in [0.2, 0.25) is 11.8 Å². The van der Waals surface area contributed by atoms with Crippen molar-refractivity contribution in [2.75, 3.05) is 39.7 Å². The molecule has 35 heavy (non-hydrogen) atoms. The first-order chi connectivity index (χ1) is 17.0. The molecule has 1 aliphatic heterocycles. The number of hydrogen-bond donors (Lipinski definition) is 1. The molecule has 1 atom stereocenters. The molecule has 2 aromatic carbocycles. The van der Waals surface area contributed by atoms with Gasteiger partial charge in [-0.15, -0.1) is 0 Å². The van der Waals surface area contributed by atoms with E-state index < -0.39 is 0 Å². The first-order valence-corrected chi connectivity index (χ1v) is 11.4. The molecule has 0 bridgehead atoms. The lowest BCUT2D eigenvalue weighted by atomic mass is 9.97. The van der Waals surface area contributed by atoms with Gasteiger partial charge in [0.25, 0.3) is 0 Å². The minimum absolute atomic E-state index is 0.0237. The molecule has 0 spiro atoms. The van der Waals surface area contributed by atoms with Crippen LogP contribution in [0.4, 0.5) is 5.69 Å². The molecule has 1 N–H and O–H groups in total. The van der Waals surface area contributed by atoms with Gasteiger partial charge in [-0.3, -0.25) is 14.3 Å². The summed E-state index contributed by atoms with van der Waals surface area (Å²) in [4.78, 5) is 27.2. The van der Waals surface area contributed by atoms with Crippen LogP contribution in [0.2, 0.25) is 0 Å². The second-order valence-electron chi connectivity index (χ2n) is 8.37. The van der Waals surface area contributed by atoms with E-state index in [4.69, 9.17) is 14.2 Å². The quantitative estimate of drug-likeness (QED) is 0.508. The number of nitrogens with one attached hydrogen (secondary N) is 1. The van der Waals surface area contributed by atoms with Gasteiger partial charge in [0.05, 0.1) is 39.6 Å². The minimum Gasteiger partial charge on any atom is -0.496 e. The fraction of sp³-hybridized carbons (Fsp3) is 0.346. The van der Waals surface area contributed by atoms with Crippen LogP contribution >= 0.6 is 0 Å². The highest BCUT2D eigenvalue weighted by Gasteiger charge is 2.30. The monoisotopic (exact) mass is 478 g/mol. The Kier molecular flexibility index (Phi) is 7.54. The van der Waals surface area contributed by atoms with Gasteiger partial charge < -0.3 is 24.4 Å². The average molecular weight is 479 g/mol. The predicted octanol–water partition coefficient (Wildman–Crippen LogP) is 3.11. The van der Waals surface area contributed by atoms with Crippen LogP contribution in [-0.2, 0) is 22.6 Å². The van der Waals surface area contributed by atoms with E-state index >= 15 is 0 Å². The Morgan fingerprint density at radius 3 is 2.57 bits per heavy atom. The van der Waals surface area contributed by atoms with Crippen molar-refractivity contribution in [3.05, 3.63) is 66.0 Å².